The minimum atomic E-state index is -0.647. The SMILES string of the molecule is N#CCN(C(=O)COC(=O)c1cccc(Cl)c1)c1ccccc1. The molecule has 0 radical (unpaired) electrons. The van der Waals surface area contributed by atoms with E-state index in [0.717, 1.165) is 0 Å². The number of carbonyl (C=O) groups is 2. The Morgan fingerprint density at radius 1 is 1.13 bits per heavy atom. The Balaban J connectivity index is 2.02. The van der Waals surface area contributed by atoms with E-state index < -0.39 is 18.5 Å². The van der Waals surface area contributed by atoms with Crippen LogP contribution in [0.1, 0.15) is 10.4 Å². The number of rotatable bonds is 5. The molecule has 6 heteroatoms. The molecule has 0 heterocycles. The van der Waals surface area contributed by atoms with Crippen LogP contribution in [0.5, 0.6) is 0 Å². The van der Waals surface area contributed by atoms with E-state index in [1.54, 1.807) is 48.5 Å². The number of benzene rings is 2. The van der Waals surface area contributed by atoms with E-state index >= 15 is 0 Å². The third-order valence-electron chi connectivity index (χ3n) is 2.98. The summed E-state index contributed by atoms with van der Waals surface area (Å²) in [5.74, 6) is -1.13. The maximum atomic E-state index is 12.2. The molecule has 0 aromatic heterocycles. The summed E-state index contributed by atoms with van der Waals surface area (Å²) in [5.41, 5.74) is 0.828. The number of hydrogen-bond acceptors (Lipinski definition) is 4. The van der Waals surface area contributed by atoms with Gasteiger partial charge >= 0.3 is 5.97 Å². The summed E-state index contributed by atoms with van der Waals surface area (Å²) in [6.45, 7) is -0.584. The first-order chi connectivity index (χ1) is 11.1. The normalized spacial score (nSPS) is 9.74. The second-order valence-electron chi connectivity index (χ2n) is 4.56. The van der Waals surface area contributed by atoms with Crippen LogP contribution in [-0.2, 0) is 9.53 Å². The van der Waals surface area contributed by atoms with Gasteiger partial charge in [-0.25, -0.2) is 4.79 Å². The standard InChI is InChI=1S/C17H13ClN2O3/c18-14-6-4-5-13(11-14)17(22)23-12-16(21)20(10-9-19)15-7-2-1-3-8-15/h1-8,11H,10,12H2. The lowest BCUT2D eigenvalue weighted by atomic mass is 10.2. The highest BCUT2D eigenvalue weighted by atomic mass is 35.5. The van der Waals surface area contributed by atoms with E-state index in [1.165, 1.54) is 11.0 Å². The summed E-state index contributed by atoms with van der Waals surface area (Å²) in [7, 11) is 0. The van der Waals surface area contributed by atoms with Gasteiger partial charge < -0.3 is 4.74 Å². The molecule has 23 heavy (non-hydrogen) atoms. The largest absolute Gasteiger partial charge is 0.452 e. The smallest absolute Gasteiger partial charge is 0.338 e. The van der Waals surface area contributed by atoms with Crippen LogP contribution >= 0.6 is 11.6 Å². The van der Waals surface area contributed by atoms with E-state index in [2.05, 4.69) is 0 Å². The van der Waals surface area contributed by atoms with Gasteiger partial charge in [-0.2, -0.15) is 5.26 Å². The maximum Gasteiger partial charge on any atom is 0.338 e. The lowest BCUT2D eigenvalue weighted by molar-refractivity contribution is -0.121. The Hall–Kier alpha value is -2.84. The van der Waals surface area contributed by atoms with E-state index in [9.17, 15) is 9.59 Å². The molecule has 0 spiro atoms. The van der Waals surface area contributed by atoms with Crippen LogP contribution in [0.15, 0.2) is 54.6 Å². The van der Waals surface area contributed by atoms with Crippen LogP contribution in [0.4, 0.5) is 5.69 Å². The van der Waals surface area contributed by atoms with Crippen molar-refractivity contribution < 1.29 is 14.3 Å². The van der Waals surface area contributed by atoms with Gasteiger partial charge in [0.15, 0.2) is 6.61 Å². The Labute approximate surface area is 138 Å². The molecule has 2 rings (SSSR count). The van der Waals surface area contributed by atoms with Crippen molar-refractivity contribution in [3.05, 3.63) is 65.2 Å². The van der Waals surface area contributed by atoms with Gasteiger partial charge in [-0.15, -0.1) is 0 Å². The second kappa shape index (κ2) is 7.97. The second-order valence-corrected chi connectivity index (χ2v) is 5.00. The van der Waals surface area contributed by atoms with Crippen molar-refractivity contribution in [1.29, 1.82) is 5.26 Å². The number of hydrogen-bond donors (Lipinski definition) is 0. The van der Waals surface area contributed by atoms with Gasteiger partial charge in [-0.3, -0.25) is 9.69 Å². The van der Waals surface area contributed by atoms with Crippen LogP contribution in [0.2, 0.25) is 5.02 Å². The van der Waals surface area contributed by atoms with E-state index in [0.29, 0.717) is 10.7 Å². The fraction of sp³-hybridized carbons (Fsp3) is 0.118. The van der Waals surface area contributed by atoms with Gasteiger partial charge in [0, 0.05) is 10.7 Å². The number of nitriles is 1. The number of anilines is 1. The molecule has 2 aromatic carbocycles. The summed E-state index contributed by atoms with van der Waals surface area (Å²) in [5, 5.41) is 9.27. The van der Waals surface area contributed by atoms with Crippen molar-refractivity contribution in [3.63, 3.8) is 0 Å². The lowest BCUT2D eigenvalue weighted by Gasteiger charge is -2.19. The minimum Gasteiger partial charge on any atom is -0.452 e. The predicted molar refractivity (Wildman–Crippen MR) is 86.1 cm³/mol. The molecule has 1 amide bonds. The highest BCUT2D eigenvalue weighted by molar-refractivity contribution is 6.30. The average Bonchev–Trinajstić information content (AvgIpc) is 2.58. The number of amides is 1. The molecule has 0 aliphatic heterocycles. The van der Waals surface area contributed by atoms with Crippen molar-refractivity contribution >= 4 is 29.2 Å². The molecule has 0 atom stereocenters. The molecule has 0 aliphatic rings. The number of ether oxygens (including phenoxy) is 1. The van der Waals surface area contributed by atoms with Crippen LogP contribution in [-0.4, -0.2) is 25.0 Å². The Kier molecular flexibility index (Phi) is 5.73. The van der Waals surface area contributed by atoms with Gasteiger partial charge in [0.2, 0.25) is 0 Å². The van der Waals surface area contributed by atoms with E-state index in [-0.39, 0.29) is 12.1 Å². The summed E-state index contributed by atoms with van der Waals surface area (Å²) in [6.07, 6.45) is 0. The molecule has 5 nitrogen and oxygen atoms in total. The molecule has 0 N–H and O–H groups in total. The first-order valence-electron chi connectivity index (χ1n) is 6.77. The number of carbonyl (C=O) groups excluding carboxylic acids is 2. The highest BCUT2D eigenvalue weighted by Crippen LogP contribution is 2.14. The van der Waals surface area contributed by atoms with Gasteiger partial charge in [0.25, 0.3) is 5.91 Å². The number of para-hydroxylation sites is 1. The first-order valence-corrected chi connectivity index (χ1v) is 7.14. The zero-order chi connectivity index (χ0) is 16.7. The molecular formula is C17H13ClN2O3. The molecule has 116 valence electrons. The Bertz CT molecular complexity index is 741. The van der Waals surface area contributed by atoms with Crippen molar-refractivity contribution in [1.82, 2.24) is 0 Å². The molecule has 0 saturated heterocycles. The fourth-order valence-corrected chi connectivity index (χ4v) is 2.10. The van der Waals surface area contributed by atoms with Crippen molar-refractivity contribution in [2.75, 3.05) is 18.1 Å². The zero-order valence-corrected chi connectivity index (χ0v) is 12.9. The Morgan fingerprint density at radius 2 is 1.87 bits per heavy atom. The zero-order valence-electron chi connectivity index (χ0n) is 12.1. The molecule has 0 bridgehead atoms. The number of halogens is 1. The van der Waals surface area contributed by atoms with E-state index in [4.69, 9.17) is 21.6 Å². The monoisotopic (exact) mass is 328 g/mol. The topological polar surface area (TPSA) is 70.4 Å². The molecule has 0 aliphatic carbocycles. The lowest BCUT2D eigenvalue weighted by Crippen LogP contribution is -2.35. The molecule has 0 saturated carbocycles. The van der Waals surface area contributed by atoms with Crippen LogP contribution in [0.3, 0.4) is 0 Å². The van der Waals surface area contributed by atoms with Crippen LogP contribution in [0.25, 0.3) is 0 Å². The summed E-state index contributed by atoms with van der Waals surface area (Å²) < 4.78 is 5.00. The van der Waals surface area contributed by atoms with E-state index in [1.807, 2.05) is 6.07 Å². The minimum absolute atomic E-state index is 0.127. The number of esters is 1. The van der Waals surface area contributed by atoms with Gasteiger partial charge in [0.1, 0.15) is 6.54 Å². The fourth-order valence-electron chi connectivity index (χ4n) is 1.91. The van der Waals surface area contributed by atoms with Crippen molar-refractivity contribution in [2.45, 2.75) is 0 Å². The summed E-state index contributed by atoms with van der Waals surface area (Å²) in [4.78, 5) is 25.4. The molecular weight excluding hydrogens is 316 g/mol. The van der Waals surface area contributed by atoms with Gasteiger partial charge in [0.05, 0.1) is 11.6 Å². The molecule has 0 fully saturated rings. The first kappa shape index (κ1) is 16.5. The van der Waals surface area contributed by atoms with Crippen molar-refractivity contribution in [3.8, 4) is 6.07 Å². The highest BCUT2D eigenvalue weighted by Gasteiger charge is 2.18. The van der Waals surface area contributed by atoms with Gasteiger partial charge in [-0.05, 0) is 30.3 Å². The summed E-state index contributed by atoms with van der Waals surface area (Å²) >= 11 is 5.80. The van der Waals surface area contributed by atoms with Crippen LogP contribution in [0, 0.1) is 11.3 Å². The summed E-state index contributed by atoms with van der Waals surface area (Å²) in [6, 6.07) is 16.9. The quantitative estimate of drug-likeness (QED) is 0.624. The molecule has 0 unspecified atom stereocenters. The maximum absolute atomic E-state index is 12.2. The third kappa shape index (κ3) is 4.56. The predicted octanol–water partition coefficient (Wildman–Crippen LogP) is 3.05. The number of nitrogens with zero attached hydrogens (tertiary/aromatic N) is 2. The van der Waals surface area contributed by atoms with Crippen molar-refractivity contribution in [2.24, 2.45) is 0 Å². The van der Waals surface area contributed by atoms with Gasteiger partial charge in [-0.1, -0.05) is 35.9 Å². The van der Waals surface area contributed by atoms with Crippen LogP contribution < -0.4 is 4.90 Å². The third-order valence-corrected chi connectivity index (χ3v) is 3.22. The Morgan fingerprint density at radius 3 is 2.52 bits per heavy atom. The molecule has 2 aromatic rings. The average molecular weight is 329 g/mol.